The number of hydrogen-bond donors (Lipinski definition) is 5. The minimum absolute atomic E-state index is 0.103. The average Bonchev–Trinajstić information content (AvgIpc) is 3.02. The number of carbonyl (C=O) groups excluding carboxylic acids is 6. The molecule has 0 radical (unpaired) electrons. The zero-order valence-electron chi connectivity index (χ0n) is 35.8. The molecule has 1 aromatic rings. The first kappa shape index (κ1) is 50.1. The van der Waals surface area contributed by atoms with Crippen molar-refractivity contribution in [3.8, 4) is 5.75 Å². The SMILES string of the molecule is CC(C)(C)OC(=O)CC[C@H](NC(=O)N[C@@H](CCCCNC(=O)[C@@H](Cc1ccc(OC(C)(C)C)cc1)NC(=O)CCC(=O)O)C(=O)OC(C)(C)C)C(=O)OC(C)(C)C. The summed E-state index contributed by atoms with van der Waals surface area (Å²) in [5.41, 5.74) is -2.18. The fraction of sp³-hybridized carbons (Fsp3) is 0.683. The Bertz CT molecular complexity index is 1520. The van der Waals surface area contributed by atoms with E-state index < -0.39 is 88.7 Å². The largest absolute Gasteiger partial charge is 0.488 e. The third-order valence-electron chi connectivity index (χ3n) is 7.27. The van der Waals surface area contributed by atoms with Crippen LogP contribution < -0.4 is 26.0 Å². The Labute approximate surface area is 337 Å². The third kappa shape index (κ3) is 24.4. The van der Waals surface area contributed by atoms with Gasteiger partial charge in [0.1, 0.15) is 46.3 Å². The zero-order valence-corrected chi connectivity index (χ0v) is 35.8. The van der Waals surface area contributed by atoms with Crippen molar-refractivity contribution in [2.45, 2.75) is 175 Å². The maximum Gasteiger partial charge on any atom is 0.329 e. The van der Waals surface area contributed by atoms with E-state index in [9.17, 15) is 33.6 Å². The smallest absolute Gasteiger partial charge is 0.329 e. The van der Waals surface area contributed by atoms with Gasteiger partial charge in [-0.1, -0.05) is 12.1 Å². The molecule has 0 aliphatic heterocycles. The maximum absolute atomic E-state index is 13.3. The lowest BCUT2D eigenvalue weighted by Crippen LogP contribution is -2.53. The van der Waals surface area contributed by atoms with Gasteiger partial charge in [-0.2, -0.15) is 0 Å². The highest BCUT2D eigenvalue weighted by Crippen LogP contribution is 2.20. The molecule has 5 N–H and O–H groups in total. The van der Waals surface area contributed by atoms with E-state index in [0.717, 1.165) is 5.56 Å². The lowest BCUT2D eigenvalue weighted by molar-refractivity contribution is -0.159. The molecule has 16 nitrogen and oxygen atoms in total. The number of nitrogens with one attached hydrogen (secondary N) is 4. The van der Waals surface area contributed by atoms with E-state index in [0.29, 0.717) is 18.6 Å². The van der Waals surface area contributed by atoms with Gasteiger partial charge >= 0.3 is 29.9 Å². The van der Waals surface area contributed by atoms with Gasteiger partial charge in [0, 0.05) is 25.8 Å². The molecule has 322 valence electrons. The summed E-state index contributed by atoms with van der Waals surface area (Å²) in [5, 5.41) is 19.5. The number of benzene rings is 1. The van der Waals surface area contributed by atoms with Crippen molar-refractivity contribution >= 4 is 41.7 Å². The van der Waals surface area contributed by atoms with Crippen LogP contribution in [0.1, 0.15) is 134 Å². The number of carbonyl (C=O) groups is 7. The van der Waals surface area contributed by atoms with Crippen LogP contribution in [0.4, 0.5) is 4.79 Å². The number of ether oxygens (including phenoxy) is 4. The third-order valence-corrected chi connectivity index (χ3v) is 7.27. The van der Waals surface area contributed by atoms with Crippen LogP contribution in [0.15, 0.2) is 24.3 Å². The number of aliphatic carboxylic acids is 1. The van der Waals surface area contributed by atoms with Gasteiger partial charge in [0.15, 0.2) is 0 Å². The standard InChI is InChI=1S/C41H66N4O12/c1-38(2,3)54-27-18-16-26(17-19-27)25-30(43-31(46)21-22-32(47)48)34(50)42-24-14-13-15-28(35(51)56-40(7,8)9)44-37(53)45-29(36(52)57-41(10,11)12)20-23-33(49)55-39(4,5)6/h16-19,28-30H,13-15,20-25H2,1-12H3,(H,42,50)(H,43,46)(H,47,48)(H2,44,45,53)/t28-,29-,30+/m0/s1. The first-order valence-electron chi connectivity index (χ1n) is 19.3. The summed E-state index contributed by atoms with van der Waals surface area (Å²) >= 11 is 0. The summed E-state index contributed by atoms with van der Waals surface area (Å²) in [6, 6.07) is 2.84. The first-order valence-corrected chi connectivity index (χ1v) is 19.3. The second kappa shape index (κ2) is 22.2. The van der Waals surface area contributed by atoms with E-state index in [2.05, 4.69) is 21.3 Å². The van der Waals surface area contributed by atoms with Crippen LogP contribution >= 0.6 is 0 Å². The number of amides is 4. The van der Waals surface area contributed by atoms with Crippen molar-refractivity contribution in [1.82, 2.24) is 21.3 Å². The molecule has 0 unspecified atom stereocenters. The summed E-state index contributed by atoms with van der Waals surface area (Å²) in [5.74, 6) is -3.64. The first-order chi connectivity index (χ1) is 26.0. The quantitative estimate of drug-likeness (QED) is 0.0675. The van der Waals surface area contributed by atoms with Crippen molar-refractivity contribution < 1.29 is 57.6 Å². The second-order valence-electron chi connectivity index (χ2n) is 17.8. The number of unbranched alkanes of at least 4 members (excludes halogenated alkanes) is 1. The summed E-state index contributed by atoms with van der Waals surface area (Å²) < 4.78 is 22.2. The van der Waals surface area contributed by atoms with Crippen LogP contribution in [-0.4, -0.2) is 93.9 Å². The molecule has 0 heterocycles. The summed E-state index contributed by atoms with van der Waals surface area (Å²) in [4.78, 5) is 88.8. The number of urea groups is 1. The minimum Gasteiger partial charge on any atom is -0.488 e. The Balaban J connectivity index is 3.01. The lowest BCUT2D eigenvalue weighted by Gasteiger charge is -2.27. The monoisotopic (exact) mass is 806 g/mol. The average molecular weight is 807 g/mol. The number of rotatable bonds is 20. The predicted molar refractivity (Wildman–Crippen MR) is 212 cm³/mol. The summed E-state index contributed by atoms with van der Waals surface area (Å²) in [6.07, 6.45) is -0.0647. The highest BCUT2D eigenvalue weighted by molar-refractivity contribution is 5.89. The molecular weight excluding hydrogens is 740 g/mol. The van der Waals surface area contributed by atoms with E-state index in [-0.39, 0.29) is 38.6 Å². The molecule has 1 aromatic carbocycles. The molecule has 0 saturated heterocycles. The summed E-state index contributed by atoms with van der Waals surface area (Å²) in [7, 11) is 0. The van der Waals surface area contributed by atoms with Gasteiger partial charge in [-0.05, 0) is 126 Å². The van der Waals surface area contributed by atoms with Gasteiger partial charge in [-0.3, -0.25) is 19.2 Å². The number of carboxylic acid groups (broad SMARTS) is 1. The van der Waals surface area contributed by atoms with E-state index in [1.165, 1.54) is 0 Å². The molecule has 4 amide bonds. The Kier molecular flexibility index (Phi) is 19.5. The predicted octanol–water partition coefficient (Wildman–Crippen LogP) is 4.88. The van der Waals surface area contributed by atoms with Crippen molar-refractivity contribution in [1.29, 1.82) is 0 Å². The van der Waals surface area contributed by atoms with Gasteiger partial charge in [-0.25, -0.2) is 14.4 Å². The Morgan fingerprint density at radius 2 is 1.11 bits per heavy atom. The maximum atomic E-state index is 13.3. The van der Waals surface area contributed by atoms with Gasteiger partial charge in [0.2, 0.25) is 11.8 Å². The normalized spacial score (nSPS) is 13.5. The van der Waals surface area contributed by atoms with Gasteiger partial charge < -0.3 is 45.3 Å². The highest BCUT2D eigenvalue weighted by atomic mass is 16.6. The van der Waals surface area contributed by atoms with Crippen LogP contribution in [0, 0.1) is 0 Å². The number of hydrogen-bond acceptors (Lipinski definition) is 11. The summed E-state index contributed by atoms with van der Waals surface area (Å²) in [6.45, 7) is 21.1. The molecule has 0 saturated carbocycles. The highest BCUT2D eigenvalue weighted by Gasteiger charge is 2.31. The fourth-order valence-electron chi connectivity index (χ4n) is 5.04. The minimum atomic E-state index is -1.24. The van der Waals surface area contributed by atoms with E-state index in [1.54, 1.807) is 86.6 Å². The molecule has 0 fully saturated rings. The van der Waals surface area contributed by atoms with Crippen LogP contribution in [0.25, 0.3) is 0 Å². The molecule has 3 atom stereocenters. The van der Waals surface area contributed by atoms with Crippen molar-refractivity contribution in [3.05, 3.63) is 29.8 Å². The van der Waals surface area contributed by atoms with Gasteiger partial charge in [0.25, 0.3) is 0 Å². The molecule has 0 aliphatic rings. The molecule has 57 heavy (non-hydrogen) atoms. The Morgan fingerprint density at radius 3 is 1.58 bits per heavy atom. The van der Waals surface area contributed by atoms with Gasteiger partial charge in [-0.15, -0.1) is 0 Å². The lowest BCUT2D eigenvalue weighted by atomic mass is 10.0. The van der Waals surface area contributed by atoms with Crippen LogP contribution in [-0.2, 0) is 49.4 Å². The van der Waals surface area contributed by atoms with E-state index in [1.807, 2.05) is 20.8 Å². The Hall–Kier alpha value is -4.89. The molecule has 16 heteroatoms. The Morgan fingerprint density at radius 1 is 0.596 bits per heavy atom. The molecule has 0 bridgehead atoms. The topological polar surface area (TPSA) is 225 Å². The van der Waals surface area contributed by atoms with Crippen LogP contribution in [0.3, 0.4) is 0 Å². The molecule has 0 aliphatic carbocycles. The fourth-order valence-corrected chi connectivity index (χ4v) is 5.04. The van der Waals surface area contributed by atoms with E-state index >= 15 is 0 Å². The van der Waals surface area contributed by atoms with Gasteiger partial charge in [0.05, 0.1) is 6.42 Å². The van der Waals surface area contributed by atoms with Crippen LogP contribution in [0.5, 0.6) is 5.75 Å². The van der Waals surface area contributed by atoms with Crippen molar-refractivity contribution in [3.63, 3.8) is 0 Å². The van der Waals surface area contributed by atoms with Crippen molar-refractivity contribution in [2.24, 2.45) is 0 Å². The molecule has 1 rings (SSSR count). The second-order valence-corrected chi connectivity index (χ2v) is 17.8. The van der Waals surface area contributed by atoms with E-state index in [4.69, 9.17) is 24.1 Å². The van der Waals surface area contributed by atoms with Crippen molar-refractivity contribution in [2.75, 3.05) is 6.54 Å². The number of carboxylic acids is 1. The molecular formula is C41H66N4O12. The zero-order chi connectivity index (χ0) is 43.8. The van der Waals surface area contributed by atoms with Crippen LogP contribution in [0.2, 0.25) is 0 Å². The molecule has 0 aromatic heterocycles. The molecule has 0 spiro atoms. The number of esters is 3.